The van der Waals surface area contributed by atoms with Crippen LogP contribution in [0.3, 0.4) is 0 Å². The standard InChI is InChI=1S/C19H15N7O/c1-12-3-5-13(6-4-12)16-7-8-21-18-15(11-23-26(16)18)19(27)24-17-14(9-20)10-22-25(17)2/h3-8,10-11H,1-2H3,(H,24,27). The van der Waals surface area contributed by atoms with Crippen molar-refractivity contribution in [2.24, 2.45) is 7.05 Å². The van der Waals surface area contributed by atoms with Crippen LogP contribution >= 0.6 is 0 Å². The van der Waals surface area contributed by atoms with Crippen LogP contribution in [0, 0.1) is 18.3 Å². The van der Waals surface area contributed by atoms with E-state index in [1.807, 2.05) is 43.3 Å². The second-order valence-corrected chi connectivity index (χ2v) is 6.09. The van der Waals surface area contributed by atoms with Crippen molar-refractivity contribution in [2.45, 2.75) is 6.92 Å². The van der Waals surface area contributed by atoms with Crippen molar-refractivity contribution < 1.29 is 4.79 Å². The van der Waals surface area contributed by atoms with Gasteiger partial charge in [-0.1, -0.05) is 29.8 Å². The van der Waals surface area contributed by atoms with Crippen molar-refractivity contribution in [3.8, 4) is 17.3 Å². The van der Waals surface area contributed by atoms with Crippen molar-refractivity contribution in [1.29, 1.82) is 5.26 Å². The number of carbonyl (C=O) groups is 1. The molecule has 0 aliphatic rings. The molecule has 0 aliphatic heterocycles. The number of carbonyl (C=O) groups excluding carboxylic acids is 1. The van der Waals surface area contributed by atoms with Gasteiger partial charge < -0.3 is 5.32 Å². The Kier molecular flexibility index (Phi) is 3.90. The topological polar surface area (TPSA) is 101 Å². The summed E-state index contributed by atoms with van der Waals surface area (Å²) in [5.74, 6) is -0.0739. The van der Waals surface area contributed by atoms with Crippen molar-refractivity contribution in [2.75, 3.05) is 5.32 Å². The van der Waals surface area contributed by atoms with Crippen LogP contribution in [0.25, 0.3) is 16.9 Å². The second kappa shape index (κ2) is 6.38. The lowest BCUT2D eigenvalue weighted by molar-refractivity contribution is 0.102. The third kappa shape index (κ3) is 2.81. The van der Waals surface area contributed by atoms with Gasteiger partial charge >= 0.3 is 0 Å². The second-order valence-electron chi connectivity index (χ2n) is 6.09. The number of aromatic nitrogens is 5. The number of nitrogens with one attached hydrogen (secondary N) is 1. The normalized spacial score (nSPS) is 10.7. The van der Waals surface area contributed by atoms with Crippen LogP contribution in [-0.2, 0) is 7.05 Å². The van der Waals surface area contributed by atoms with Gasteiger partial charge in [0.2, 0.25) is 0 Å². The quantitative estimate of drug-likeness (QED) is 0.607. The smallest absolute Gasteiger partial charge is 0.262 e. The molecule has 0 bridgehead atoms. The number of rotatable bonds is 3. The molecule has 27 heavy (non-hydrogen) atoms. The van der Waals surface area contributed by atoms with Gasteiger partial charge in [0.05, 0.1) is 18.1 Å². The summed E-state index contributed by atoms with van der Waals surface area (Å²) in [7, 11) is 1.65. The molecule has 1 amide bonds. The molecule has 4 rings (SSSR count). The highest BCUT2D eigenvalue weighted by molar-refractivity contribution is 6.08. The molecule has 0 saturated heterocycles. The lowest BCUT2D eigenvalue weighted by atomic mass is 10.1. The third-order valence-corrected chi connectivity index (χ3v) is 4.28. The molecule has 0 fully saturated rings. The van der Waals surface area contributed by atoms with E-state index in [0.717, 1.165) is 16.8 Å². The predicted molar refractivity (Wildman–Crippen MR) is 99.0 cm³/mol. The minimum absolute atomic E-state index is 0.288. The number of hydrogen-bond donors (Lipinski definition) is 1. The van der Waals surface area contributed by atoms with Gasteiger partial charge in [-0.3, -0.25) is 9.48 Å². The van der Waals surface area contributed by atoms with Gasteiger partial charge in [0.15, 0.2) is 5.65 Å². The van der Waals surface area contributed by atoms with Crippen LogP contribution in [0.5, 0.6) is 0 Å². The van der Waals surface area contributed by atoms with Gasteiger partial charge in [0.1, 0.15) is 23.0 Å². The Labute approximate surface area is 154 Å². The van der Waals surface area contributed by atoms with E-state index in [0.29, 0.717) is 17.0 Å². The van der Waals surface area contributed by atoms with Crippen LogP contribution in [0.1, 0.15) is 21.5 Å². The van der Waals surface area contributed by atoms with Crippen LogP contribution in [0.15, 0.2) is 48.9 Å². The molecule has 3 aromatic heterocycles. The summed E-state index contributed by atoms with van der Waals surface area (Å²) >= 11 is 0. The van der Waals surface area contributed by atoms with Gasteiger partial charge in [-0.2, -0.15) is 15.5 Å². The predicted octanol–water partition coefficient (Wildman–Crippen LogP) is 2.56. The molecule has 0 spiro atoms. The SMILES string of the molecule is Cc1ccc(-c2ccnc3c(C(=O)Nc4c(C#N)cnn4C)cnn23)cc1. The molecule has 8 nitrogen and oxygen atoms in total. The Morgan fingerprint density at radius 1 is 1.15 bits per heavy atom. The summed E-state index contributed by atoms with van der Waals surface area (Å²) in [4.78, 5) is 17.1. The fourth-order valence-electron chi connectivity index (χ4n) is 2.84. The summed E-state index contributed by atoms with van der Waals surface area (Å²) < 4.78 is 3.07. The van der Waals surface area contributed by atoms with Crippen molar-refractivity contribution in [1.82, 2.24) is 24.4 Å². The van der Waals surface area contributed by atoms with Crippen LogP contribution in [-0.4, -0.2) is 30.3 Å². The van der Waals surface area contributed by atoms with Gasteiger partial charge in [0, 0.05) is 18.8 Å². The van der Waals surface area contributed by atoms with E-state index in [4.69, 9.17) is 5.26 Å². The Balaban J connectivity index is 1.74. The van der Waals surface area contributed by atoms with E-state index in [1.165, 1.54) is 17.1 Å². The van der Waals surface area contributed by atoms with Gasteiger partial charge in [0.25, 0.3) is 5.91 Å². The van der Waals surface area contributed by atoms with Crippen molar-refractivity contribution in [3.63, 3.8) is 0 Å². The third-order valence-electron chi connectivity index (χ3n) is 4.28. The van der Waals surface area contributed by atoms with E-state index >= 15 is 0 Å². The summed E-state index contributed by atoms with van der Waals surface area (Å²) in [5.41, 5.74) is 4.00. The number of benzene rings is 1. The maximum atomic E-state index is 12.7. The number of fused-ring (bicyclic) bond motifs is 1. The Morgan fingerprint density at radius 2 is 1.93 bits per heavy atom. The Morgan fingerprint density at radius 3 is 2.67 bits per heavy atom. The first-order valence-electron chi connectivity index (χ1n) is 8.21. The average Bonchev–Trinajstić information content (AvgIpc) is 3.26. The highest BCUT2D eigenvalue weighted by Crippen LogP contribution is 2.22. The lowest BCUT2D eigenvalue weighted by Gasteiger charge is -2.07. The zero-order valence-electron chi connectivity index (χ0n) is 14.7. The molecule has 1 aromatic carbocycles. The molecule has 0 radical (unpaired) electrons. The van der Waals surface area contributed by atoms with E-state index < -0.39 is 5.91 Å². The average molecular weight is 357 g/mol. The molecule has 3 heterocycles. The van der Waals surface area contributed by atoms with Gasteiger partial charge in [-0.25, -0.2) is 9.50 Å². The van der Waals surface area contributed by atoms with Crippen LogP contribution in [0.2, 0.25) is 0 Å². The zero-order chi connectivity index (χ0) is 19.0. The lowest BCUT2D eigenvalue weighted by Crippen LogP contribution is -2.15. The number of nitrogens with zero attached hydrogens (tertiary/aromatic N) is 6. The summed E-state index contributed by atoms with van der Waals surface area (Å²) in [6.07, 6.45) is 4.52. The fraction of sp³-hybridized carbons (Fsp3) is 0.105. The zero-order valence-corrected chi connectivity index (χ0v) is 14.7. The maximum absolute atomic E-state index is 12.7. The molecule has 8 heteroatoms. The molecule has 1 N–H and O–H groups in total. The minimum atomic E-state index is -0.404. The number of aryl methyl sites for hydroxylation is 2. The number of hydrogen-bond acceptors (Lipinski definition) is 5. The van der Waals surface area contributed by atoms with Crippen molar-refractivity contribution in [3.05, 3.63) is 65.6 Å². The molecule has 132 valence electrons. The highest BCUT2D eigenvalue weighted by Gasteiger charge is 2.19. The summed E-state index contributed by atoms with van der Waals surface area (Å²) in [6, 6.07) is 11.9. The first-order chi connectivity index (χ1) is 13.1. The monoisotopic (exact) mass is 357 g/mol. The molecule has 0 aliphatic carbocycles. The highest BCUT2D eigenvalue weighted by atomic mass is 16.1. The summed E-state index contributed by atoms with van der Waals surface area (Å²) in [6.45, 7) is 2.02. The van der Waals surface area contributed by atoms with E-state index in [1.54, 1.807) is 17.8 Å². The van der Waals surface area contributed by atoms with Gasteiger partial charge in [-0.15, -0.1) is 0 Å². The maximum Gasteiger partial charge on any atom is 0.262 e. The number of amides is 1. The number of anilines is 1. The van der Waals surface area contributed by atoms with Crippen LogP contribution < -0.4 is 5.32 Å². The molecular weight excluding hydrogens is 342 g/mol. The van der Waals surface area contributed by atoms with Gasteiger partial charge in [-0.05, 0) is 13.0 Å². The minimum Gasteiger partial charge on any atom is -0.305 e. The number of nitriles is 1. The van der Waals surface area contributed by atoms with E-state index in [9.17, 15) is 4.79 Å². The molecule has 0 unspecified atom stereocenters. The molecule has 4 aromatic rings. The fourth-order valence-corrected chi connectivity index (χ4v) is 2.84. The Bertz CT molecular complexity index is 1200. The molecule has 0 saturated carbocycles. The largest absolute Gasteiger partial charge is 0.305 e. The first-order valence-corrected chi connectivity index (χ1v) is 8.21. The Hall–Kier alpha value is -3.99. The summed E-state index contributed by atoms with van der Waals surface area (Å²) in [5, 5.41) is 20.2. The van der Waals surface area contributed by atoms with Crippen molar-refractivity contribution >= 4 is 17.4 Å². The van der Waals surface area contributed by atoms with Crippen LogP contribution in [0.4, 0.5) is 5.82 Å². The molecule has 0 atom stereocenters. The van der Waals surface area contributed by atoms with E-state index in [2.05, 4.69) is 20.5 Å². The molecular formula is C19H15N7O. The van der Waals surface area contributed by atoms with E-state index in [-0.39, 0.29) is 5.56 Å². The first kappa shape index (κ1) is 16.5.